The number of hydrogen-bond donors (Lipinski definition) is 1. The van der Waals surface area contributed by atoms with E-state index < -0.39 is 41.1 Å². The number of aliphatic carboxylic acids is 1. The van der Waals surface area contributed by atoms with E-state index in [9.17, 15) is 18.0 Å². The molecule has 1 aromatic carbocycles. The first-order valence-corrected chi connectivity index (χ1v) is 9.02. The molecule has 9 nitrogen and oxygen atoms in total. The Morgan fingerprint density at radius 3 is 2.65 bits per heavy atom. The zero-order valence-electron chi connectivity index (χ0n) is 13.2. The highest BCUT2D eigenvalue weighted by molar-refractivity contribution is 7.86. The van der Waals surface area contributed by atoms with Gasteiger partial charge in [0.1, 0.15) is 13.2 Å². The Kier molecular flexibility index (Phi) is 5.89. The van der Waals surface area contributed by atoms with Crippen molar-refractivity contribution in [2.45, 2.75) is 37.5 Å². The maximum atomic E-state index is 12.6. The molecule has 0 spiro atoms. The molecule has 3 aliphatic rings. The summed E-state index contributed by atoms with van der Waals surface area (Å²) in [5, 5.41) is 8.73. The Balaban J connectivity index is 0.00000243. The van der Waals surface area contributed by atoms with E-state index in [0.29, 0.717) is 12.0 Å². The lowest BCUT2D eigenvalue weighted by Gasteiger charge is -2.35. The molecule has 1 fully saturated rings. The van der Waals surface area contributed by atoms with Crippen LogP contribution in [0, 0.1) is 0 Å². The third-order valence-corrected chi connectivity index (χ3v) is 5.43. The fourth-order valence-electron chi connectivity index (χ4n) is 2.90. The molecule has 0 aliphatic carbocycles. The van der Waals surface area contributed by atoms with Gasteiger partial charge in [0.15, 0.2) is 5.72 Å². The van der Waals surface area contributed by atoms with Crippen molar-refractivity contribution in [2.75, 3.05) is 19.8 Å². The van der Waals surface area contributed by atoms with E-state index in [2.05, 4.69) is 0 Å². The number of hydrogen-bond acceptors (Lipinski definition) is 7. The maximum Gasteiger partial charge on any atom is 0.412 e. The number of carbonyl (C=O) groups is 2. The highest BCUT2D eigenvalue weighted by Gasteiger charge is 2.50. The SMILES string of the molecule is C.O=C(O)COC[C@@]12CCCN1C(=O)OCc1ccc(cc1)S(=O)(=O)O2. The monoisotopic (exact) mass is 387 g/mol. The molecule has 0 radical (unpaired) electrons. The molecule has 0 aromatic heterocycles. The number of rotatable bonds is 4. The molecular formula is C16H21NO8S. The van der Waals surface area contributed by atoms with E-state index in [1.165, 1.54) is 24.3 Å². The van der Waals surface area contributed by atoms with Crippen LogP contribution in [0.5, 0.6) is 0 Å². The van der Waals surface area contributed by atoms with Crippen LogP contribution in [0.1, 0.15) is 25.8 Å². The van der Waals surface area contributed by atoms with Gasteiger partial charge >= 0.3 is 12.1 Å². The Hall–Kier alpha value is -2.17. The van der Waals surface area contributed by atoms with Crippen molar-refractivity contribution in [3.05, 3.63) is 29.8 Å². The summed E-state index contributed by atoms with van der Waals surface area (Å²) in [4.78, 5) is 24.2. The molecule has 4 rings (SSSR count). The van der Waals surface area contributed by atoms with Crippen molar-refractivity contribution >= 4 is 22.2 Å². The molecule has 1 atom stereocenters. The van der Waals surface area contributed by atoms with Gasteiger partial charge in [-0.25, -0.2) is 13.8 Å². The molecule has 1 saturated heterocycles. The smallest absolute Gasteiger partial charge is 0.412 e. The molecule has 0 unspecified atom stereocenters. The van der Waals surface area contributed by atoms with Crippen molar-refractivity contribution in [1.82, 2.24) is 4.90 Å². The first kappa shape index (κ1) is 20.1. The van der Waals surface area contributed by atoms with Gasteiger partial charge in [0.05, 0.1) is 11.5 Å². The number of carboxylic acids is 1. The summed E-state index contributed by atoms with van der Waals surface area (Å²) in [7, 11) is -4.19. The van der Waals surface area contributed by atoms with Gasteiger partial charge in [-0.05, 0) is 24.1 Å². The Labute approximate surface area is 151 Å². The lowest BCUT2D eigenvalue weighted by Crippen LogP contribution is -2.53. The number of benzene rings is 1. The van der Waals surface area contributed by atoms with Gasteiger partial charge in [-0.15, -0.1) is 0 Å². The quantitative estimate of drug-likeness (QED) is 0.773. The topological polar surface area (TPSA) is 119 Å². The van der Waals surface area contributed by atoms with Crippen LogP contribution in [0.25, 0.3) is 0 Å². The third-order valence-electron chi connectivity index (χ3n) is 4.05. The van der Waals surface area contributed by atoms with Crippen LogP contribution >= 0.6 is 0 Å². The van der Waals surface area contributed by atoms with Gasteiger partial charge in [-0.3, -0.25) is 4.90 Å². The molecule has 10 heteroatoms. The lowest BCUT2D eigenvalue weighted by molar-refractivity contribution is -0.148. The largest absolute Gasteiger partial charge is 0.480 e. The highest BCUT2D eigenvalue weighted by Crippen LogP contribution is 2.35. The minimum Gasteiger partial charge on any atom is -0.480 e. The van der Waals surface area contributed by atoms with Crippen LogP contribution in [0.3, 0.4) is 0 Å². The van der Waals surface area contributed by atoms with E-state index in [4.69, 9.17) is 18.8 Å². The van der Waals surface area contributed by atoms with E-state index in [-0.39, 0.29) is 31.9 Å². The highest BCUT2D eigenvalue weighted by atomic mass is 32.2. The van der Waals surface area contributed by atoms with Gasteiger partial charge in [-0.2, -0.15) is 8.42 Å². The Morgan fingerprint density at radius 1 is 1.31 bits per heavy atom. The van der Waals surface area contributed by atoms with Crippen molar-refractivity contribution in [3.8, 4) is 0 Å². The average Bonchev–Trinajstić information content (AvgIpc) is 2.94. The number of ether oxygens (including phenoxy) is 2. The van der Waals surface area contributed by atoms with Crippen LogP contribution < -0.4 is 0 Å². The van der Waals surface area contributed by atoms with Gasteiger partial charge < -0.3 is 14.6 Å². The van der Waals surface area contributed by atoms with Crippen LogP contribution in [0.4, 0.5) is 4.79 Å². The Morgan fingerprint density at radius 2 is 2.00 bits per heavy atom. The second-order valence-electron chi connectivity index (χ2n) is 5.82. The first-order valence-electron chi connectivity index (χ1n) is 7.61. The van der Waals surface area contributed by atoms with E-state index in [1.54, 1.807) is 0 Å². The minimum atomic E-state index is -4.19. The minimum absolute atomic E-state index is 0. The van der Waals surface area contributed by atoms with Crippen LogP contribution in [-0.4, -0.2) is 56.0 Å². The van der Waals surface area contributed by atoms with Gasteiger partial charge in [-0.1, -0.05) is 19.6 Å². The second-order valence-corrected chi connectivity index (χ2v) is 7.37. The van der Waals surface area contributed by atoms with Crippen LogP contribution in [0.15, 0.2) is 29.2 Å². The number of carboxylic acid groups (broad SMARTS) is 1. The predicted molar refractivity (Wildman–Crippen MR) is 88.8 cm³/mol. The number of amides is 1. The zero-order chi connectivity index (χ0) is 18.1. The Bertz CT molecular complexity index is 776. The molecule has 1 amide bonds. The molecule has 1 N–H and O–H groups in total. The fourth-order valence-corrected chi connectivity index (χ4v) is 4.09. The molecule has 0 saturated carbocycles. The van der Waals surface area contributed by atoms with Gasteiger partial charge in [0, 0.05) is 13.0 Å². The molecule has 1 aromatic rings. The molecular weight excluding hydrogens is 366 g/mol. The molecule has 26 heavy (non-hydrogen) atoms. The summed E-state index contributed by atoms with van der Waals surface area (Å²) in [6, 6.07) is 5.81. The van der Waals surface area contributed by atoms with Gasteiger partial charge in [0.25, 0.3) is 10.1 Å². The maximum absolute atomic E-state index is 12.6. The summed E-state index contributed by atoms with van der Waals surface area (Å²) in [5.41, 5.74) is -0.992. The molecule has 3 aliphatic heterocycles. The van der Waals surface area contributed by atoms with E-state index in [0.717, 1.165) is 4.90 Å². The zero-order valence-corrected chi connectivity index (χ0v) is 14.0. The molecule has 144 valence electrons. The summed E-state index contributed by atoms with van der Waals surface area (Å²) >= 11 is 0. The summed E-state index contributed by atoms with van der Waals surface area (Å²) in [5.74, 6) is -1.21. The summed E-state index contributed by atoms with van der Waals surface area (Å²) < 4.78 is 40.9. The third kappa shape index (κ3) is 3.97. The number of fused-ring (bicyclic) bond motifs is 5. The summed E-state index contributed by atoms with van der Waals surface area (Å²) in [6.07, 6.45) is -0.0899. The average molecular weight is 387 g/mol. The fraction of sp³-hybridized carbons (Fsp3) is 0.500. The number of nitrogens with zero attached hydrogens (tertiary/aromatic N) is 1. The van der Waals surface area contributed by atoms with Crippen molar-refractivity contribution in [3.63, 3.8) is 0 Å². The van der Waals surface area contributed by atoms with Crippen LogP contribution in [0.2, 0.25) is 0 Å². The molecule has 2 bridgehead atoms. The van der Waals surface area contributed by atoms with Crippen molar-refractivity contribution < 1.29 is 36.8 Å². The van der Waals surface area contributed by atoms with E-state index >= 15 is 0 Å². The van der Waals surface area contributed by atoms with Crippen molar-refractivity contribution in [1.29, 1.82) is 0 Å². The number of carbonyl (C=O) groups excluding carboxylic acids is 1. The standard InChI is InChI=1S/C15H17NO8S.CH4/c17-13(18)9-22-10-15-6-1-7-16(15)14(19)23-8-11-2-4-12(5-3-11)25(20,21)24-15;/h2-5H,1,6-10H2,(H,17,18);1H4/t15-;/m0./s1. The van der Waals surface area contributed by atoms with E-state index in [1.807, 2.05) is 0 Å². The van der Waals surface area contributed by atoms with Crippen molar-refractivity contribution in [2.24, 2.45) is 0 Å². The normalized spacial score (nSPS) is 24.2. The predicted octanol–water partition coefficient (Wildman–Crippen LogP) is 1.57. The lowest BCUT2D eigenvalue weighted by atomic mass is 10.2. The van der Waals surface area contributed by atoms with Gasteiger partial charge in [0.2, 0.25) is 0 Å². The second kappa shape index (κ2) is 7.60. The molecule has 3 heterocycles. The first-order chi connectivity index (χ1) is 11.8. The summed E-state index contributed by atoms with van der Waals surface area (Å²) in [6.45, 7) is -0.828. The van der Waals surface area contributed by atoms with Crippen LogP contribution in [-0.2, 0) is 35.2 Å².